The van der Waals surface area contributed by atoms with E-state index in [1.807, 2.05) is 30.3 Å². The predicted molar refractivity (Wildman–Crippen MR) is 84.4 cm³/mol. The molecule has 0 fully saturated rings. The number of rotatable bonds is 5. The maximum Gasteiger partial charge on any atom is 0.230 e. The number of oxazole rings is 1. The quantitative estimate of drug-likeness (QED) is 0.755. The van der Waals surface area contributed by atoms with E-state index >= 15 is 0 Å². The lowest BCUT2D eigenvalue weighted by Crippen LogP contribution is -2.16. The molecule has 2 heterocycles. The van der Waals surface area contributed by atoms with Crippen LogP contribution < -0.4 is 5.32 Å². The zero-order valence-corrected chi connectivity index (χ0v) is 12.3. The van der Waals surface area contributed by atoms with Crippen molar-refractivity contribution in [3.8, 4) is 11.5 Å². The number of nitrogens with zero attached hydrogens (tertiary/aromatic N) is 2. The van der Waals surface area contributed by atoms with Gasteiger partial charge >= 0.3 is 0 Å². The Morgan fingerprint density at radius 1 is 1.22 bits per heavy atom. The lowest BCUT2D eigenvalue weighted by atomic mass is 10.2. The van der Waals surface area contributed by atoms with Crippen molar-refractivity contribution < 1.29 is 14.3 Å². The molecule has 6 heteroatoms. The average Bonchev–Trinajstić information content (AvgIpc) is 3.04. The highest BCUT2D eigenvalue weighted by atomic mass is 16.3. The number of aliphatic hydroxyl groups excluding tert-OH is 1. The summed E-state index contributed by atoms with van der Waals surface area (Å²) in [5, 5.41) is 12.0. The highest BCUT2D eigenvalue weighted by Crippen LogP contribution is 2.19. The van der Waals surface area contributed by atoms with Crippen molar-refractivity contribution in [1.29, 1.82) is 0 Å². The molecule has 0 aliphatic rings. The summed E-state index contributed by atoms with van der Waals surface area (Å²) < 4.78 is 5.40. The zero-order chi connectivity index (χ0) is 16.1. The third kappa shape index (κ3) is 3.61. The molecule has 0 unspecified atom stereocenters. The van der Waals surface area contributed by atoms with Gasteiger partial charge in [-0.1, -0.05) is 18.2 Å². The fourth-order valence-electron chi connectivity index (χ4n) is 2.13. The van der Waals surface area contributed by atoms with Crippen LogP contribution in [0.25, 0.3) is 11.5 Å². The number of hydrogen-bond acceptors (Lipinski definition) is 5. The molecule has 1 aromatic carbocycles. The number of aliphatic hydroxyl groups is 1. The van der Waals surface area contributed by atoms with Gasteiger partial charge in [0, 0.05) is 17.3 Å². The number of benzene rings is 1. The van der Waals surface area contributed by atoms with Gasteiger partial charge in [0.25, 0.3) is 0 Å². The van der Waals surface area contributed by atoms with E-state index in [9.17, 15) is 9.90 Å². The van der Waals surface area contributed by atoms with Gasteiger partial charge in [-0.3, -0.25) is 9.78 Å². The highest BCUT2D eigenvalue weighted by Gasteiger charge is 2.12. The second-order valence-corrected chi connectivity index (χ2v) is 4.93. The molecule has 3 rings (SSSR count). The first-order chi connectivity index (χ1) is 11.3. The van der Waals surface area contributed by atoms with Gasteiger partial charge in [0.15, 0.2) is 0 Å². The van der Waals surface area contributed by atoms with Crippen molar-refractivity contribution in [2.75, 3.05) is 5.32 Å². The van der Waals surface area contributed by atoms with E-state index in [-0.39, 0.29) is 18.9 Å². The minimum atomic E-state index is -0.249. The first-order valence-corrected chi connectivity index (χ1v) is 7.09. The van der Waals surface area contributed by atoms with Crippen LogP contribution in [0.3, 0.4) is 0 Å². The molecule has 116 valence electrons. The van der Waals surface area contributed by atoms with Gasteiger partial charge in [0.05, 0.1) is 30.6 Å². The molecular formula is C17H15N3O3. The van der Waals surface area contributed by atoms with Crippen LogP contribution in [0.1, 0.15) is 11.3 Å². The van der Waals surface area contributed by atoms with E-state index in [2.05, 4.69) is 15.3 Å². The highest BCUT2D eigenvalue weighted by molar-refractivity contribution is 5.92. The van der Waals surface area contributed by atoms with E-state index in [4.69, 9.17) is 4.42 Å². The summed E-state index contributed by atoms with van der Waals surface area (Å²) in [6.07, 6.45) is 4.61. The molecule has 23 heavy (non-hydrogen) atoms. The van der Waals surface area contributed by atoms with Gasteiger partial charge in [0.1, 0.15) is 6.26 Å². The lowest BCUT2D eigenvalue weighted by Gasteiger charge is -2.07. The van der Waals surface area contributed by atoms with Crippen molar-refractivity contribution in [2.45, 2.75) is 13.0 Å². The molecular weight excluding hydrogens is 294 g/mol. The normalized spacial score (nSPS) is 10.5. The molecule has 0 radical (unpaired) electrons. The number of aromatic nitrogens is 2. The SMILES string of the molecule is O=C(Cc1coc(-c2ccccc2)n1)Nc1cnccc1CO. The van der Waals surface area contributed by atoms with Crippen molar-refractivity contribution in [3.05, 3.63) is 66.3 Å². The van der Waals surface area contributed by atoms with Gasteiger partial charge in [-0.05, 0) is 18.2 Å². The molecule has 0 saturated heterocycles. The molecule has 2 aromatic heterocycles. The molecule has 0 aliphatic carbocycles. The molecule has 0 bridgehead atoms. The van der Waals surface area contributed by atoms with E-state index < -0.39 is 0 Å². The summed E-state index contributed by atoms with van der Waals surface area (Å²) in [5.74, 6) is 0.228. The third-order valence-electron chi connectivity index (χ3n) is 3.27. The second-order valence-electron chi connectivity index (χ2n) is 4.93. The van der Waals surface area contributed by atoms with Crippen LogP contribution in [-0.2, 0) is 17.8 Å². The molecule has 3 aromatic rings. The van der Waals surface area contributed by atoms with Crippen LogP contribution >= 0.6 is 0 Å². The first-order valence-electron chi connectivity index (χ1n) is 7.09. The van der Waals surface area contributed by atoms with Gasteiger partial charge in [-0.25, -0.2) is 4.98 Å². The van der Waals surface area contributed by atoms with Crippen LogP contribution in [0.15, 0.2) is 59.5 Å². The van der Waals surface area contributed by atoms with Gasteiger partial charge in [0.2, 0.25) is 11.8 Å². The minimum Gasteiger partial charge on any atom is -0.444 e. The van der Waals surface area contributed by atoms with Crippen molar-refractivity contribution in [2.24, 2.45) is 0 Å². The summed E-state index contributed by atoms with van der Waals surface area (Å²) in [6, 6.07) is 11.1. The number of nitrogens with one attached hydrogen (secondary N) is 1. The van der Waals surface area contributed by atoms with Crippen LogP contribution in [0.4, 0.5) is 5.69 Å². The Balaban J connectivity index is 1.68. The Hall–Kier alpha value is -2.99. The van der Waals surface area contributed by atoms with Gasteiger partial charge in [-0.2, -0.15) is 0 Å². The summed E-state index contributed by atoms with van der Waals surface area (Å²) in [6.45, 7) is -0.166. The van der Waals surface area contributed by atoms with E-state index in [1.165, 1.54) is 12.5 Å². The number of hydrogen-bond donors (Lipinski definition) is 2. The Kier molecular flexibility index (Phi) is 4.44. The second kappa shape index (κ2) is 6.85. The van der Waals surface area contributed by atoms with E-state index in [0.717, 1.165) is 5.56 Å². The lowest BCUT2D eigenvalue weighted by molar-refractivity contribution is -0.115. The molecule has 1 amide bonds. The van der Waals surface area contributed by atoms with Crippen LogP contribution in [0, 0.1) is 0 Å². The Bertz CT molecular complexity index is 800. The first kappa shape index (κ1) is 14.9. The molecule has 6 nitrogen and oxygen atoms in total. The van der Waals surface area contributed by atoms with E-state index in [0.29, 0.717) is 22.8 Å². The number of pyridine rings is 1. The summed E-state index contributed by atoms with van der Waals surface area (Å²) in [7, 11) is 0. The maximum absolute atomic E-state index is 12.1. The number of carbonyl (C=O) groups is 1. The number of amides is 1. The fraction of sp³-hybridized carbons (Fsp3) is 0.118. The van der Waals surface area contributed by atoms with Crippen molar-refractivity contribution in [1.82, 2.24) is 9.97 Å². The van der Waals surface area contributed by atoms with Gasteiger partial charge < -0.3 is 14.8 Å². The monoisotopic (exact) mass is 309 g/mol. The maximum atomic E-state index is 12.1. The number of anilines is 1. The fourth-order valence-corrected chi connectivity index (χ4v) is 2.13. The molecule has 0 atom stereocenters. The van der Waals surface area contributed by atoms with Crippen molar-refractivity contribution >= 4 is 11.6 Å². The average molecular weight is 309 g/mol. The van der Waals surface area contributed by atoms with Crippen LogP contribution in [0.5, 0.6) is 0 Å². The summed E-state index contributed by atoms with van der Waals surface area (Å²) >= 11 is 0. The molecule has 0 saturated carbocycles. The number of carbonyl (C=O) groups excluding carboxylic acids is 1. The summed E-state index contributed by atoms with van der Waals surface area (Å²) in [4.78, 5) is 20.3. The Labute approximate surface area is 132 Å². The van der Waals surface area contributed by atoms with Crippen LogP contribution in [0.2, 0.25) is 0 Å². The minimum absolute atomic E-state index is 0.0795. The molecule has 0 aliphatic heterocycles. The zero-order valence-electron chi connectivity index (χ0n) is 12.3. The van der Waals surface area contributed by atoms with Crippen LogP contribution in [-0.4, -0.2) is 21.0 Å². The van der Waals surface area contributed by atoms with E-state index in [1.54, 1.807) is 12.3 Å². The Morgan fingerprint density at radius 2 is 2.04 bits per heavy atom. The predicted octanol–water partition coefficient (Wildman–Crippen LogP) is 2.41. The smallest absolute Gasteiger partial charge is 0.230 e. The third-order valence-corrected chi connectivity index (χ3v) is 3.27. The topological polar surface area (TPSA) is 88.3 Å². The largest absolute Gasteiger partial charge is 0.444 e. The summed E-state index contributed by atoms with van der Waals surface area (Å²) in [5.41, 5.74) is 2.50. The van der Waals surface area contributed by atoms with Crippen molar-refractivity contribution in [3.63, 3.8) is 0 Å². The molecule has 2 N–H and O–H groups in total. The standard InChI is InChI=1S/C17H15N3O3/c21-10-13-6-7-18-9-15(13)20-16(22)8-14-11-23-17(19-14)12-4-2-1-3-5-12/h1-7,9,11,21H,8,10H2,(H,20,22). The Morgan fingerprint density at radius 3 is 2.83 bits per heavy atom. The molecule has 0 spiro atoms. The van der Waals surface area contributed by atoms with Gasteiger partial charge in [-0.15, -0.1) is 0 Å².